The Morgan fingerprint density at radius 1 is 0.600 bits per heavy atom. The van der Waals surface area contributed by atoms with Gasteiger partial charge in [0.05, 0.1) is 18.8 Å². The fourth-order valence-electron chi connectivity index (χ4n) is 7.30. The second-order valence-electron chi connectivity index (χ2n) is 16.0. The second kappa shape index (κ2) is 26.8. The van der Waals surface area contributed by atoms with Crippen molar-refractivity contribution in [1.29, 1.82) is 0 Å². The number of esters is 3. The highest BCUT2D eigenvalue weighted by molar-refractivity contribution is 5.67. The highest BCUT2D eigenvalue weighted by Gasteiger charge is 2.48. The Bertz CT molecular complexity index is 2770. The van der Waals surface area contributed by atoms with Crippen LogP contribution in [0, 0.1) is 11.8 Å². The van der Waals surface area contributed by atoms with Crippen LogP contribution in [0.1, 0.15) is 90.5 Å². The summed E-state index contributed by atoms with van der Waals surface area (Å²) in [4.78, 5) is 106. The molecule has 3 saturated heterocycles. The van der Waals surface area contributed by atoms with Gasteiger partial charge in [-0.15, -0.1) is 0 Å². The molecule has 3 aromatic rings. The van der Waals surface area contributed by atoms with Gasteiger partial charge in [-0.05, 0) is 19.9 Å². The Kier molecular flexibility index (Phi) is 23.1. The van der Waals surface area contributed by atoms with Crippen LogP contribution in [0.4, 0.5) is 39.5 Å². The lowest BCUT2D eigenvalue weighted by Crippen LogP contribution is -2.40. The third kappa shape index (κ3) is 17.0. The normalized spacial score (nSPS) is 26.1. The van der Waals surface area contributed by atoms with E-state index in [4.69, 9.17) is 33.5 Å². The summed E-state index contributed by atoms with van der Waals surface area (Å²) in [6.07, 6.45) is -22.7. The second-order valence-corrected chi connectivity index (χ2v) is 16.0. The summed E-state index contributed by atoms with van der Waals surface area (Å²) in [6.45, 7) is 10.5. The molecule has 12 atom stereocenters. The number of aliphatic hydroxyl groups excluding tert-OH is 3. The van der Waals surface area contributed by atoms with E-state index >= 15 is 0 Å². The highest BCUT2D eigenvalue weighted by Crippen LogP contribution is 2.38. The lowest BCUT2D eigenvalue weighted by atomic mass is 9.98. The Balaban J connectivity index is 0.000000348. The van der Waals surface area contributed by atoms with E-state index in [0.29, 0.717) is 27.9 Å². The summed E-state index contributed by atoms with van der Waals surface area (Å²) in [6, 6.07) is 0. The van der Waals surface area contributed by atoms with Crippen molar-refractivity contribution in [2.45, 2.75) is 141 Å². The molecule has 6 heterocycles. The van der Waals surface area contributed by atoms with Gasteiger partial charge < -0.3 is 54.5 Å². The number of hydrogen-bond acceptors (Lipinski definition) is 19. The number of nitrogens with one attached hydrogen (secondary N) is 4. The van der Waals surface area contributed by atoms with Gasteiger partial charge in [-0.25, -0.2) is 14.4 Å². The standard InChI is InChI=1S/C14H17F3N2O5.C11H18O5.C10H11F3N2O6.C5H3F3N2O2.CH5N/c1-4-9-6(2)10(23-7(3)20)12(24-9)19-5-8(14(15,16)17)11(21)18-13(19)22;1-5-9-6(2)10(14-7(3)12)11(16-9)15-8(4)13;11-10(12,13)3-1-15(9(20)14-7(3)19)8-6(18)5(17)4(2-16)21-8;6-5(7,8)2-1-9-4(12)10-3(2)11;1-2/h5-6,9-10,12H,4H2,1-3H3,(H,18,21,22);6,9-11H,5H2,1-4H3;1,4-6,8,16-18H,2H2,(H,14,19,20);1H,(H2,9,10,11,12);2H2,1H3/t6?,9-,10+,12-;6?,9-,10+,11?;4-,5?,6+,8-;;/m111../s1. The molecule has 3 aromatic heterocycles. The largest absolute Gasteiger partial charge is 0.457 e. The summed E-state index contributed by atoms with van der Waals surface area (Å²) in [5.74, 6) is -1.79. The summed E-state index contributed by atoms with van der Waals surface area (Å²) in [5, 5.41) is 28.1. The van der Waals surface area contributed by atoms with Crippen LogP contribution in [0.25, 0.3) is 0 Å². The third-order valence-corrected chi connectivity index (χ3v) is 10.8. The Labute approximate surface area is 414 Å². The summed E-state index contributed by atoms with van der Waals surface area (Å²) >= 11 is 0. The molecule has 6 rings (SSSR count). The van der Waals surface area contributed by atoms with E-state index < -0.39 is 149 Å². The maximum Gasteiger partial charge on any atom is 0.423 e. The van der Waals surface area contributed by atoms with E-state index in [2.05, 4.69) is 5.73 Å². The minimum Gasteiger partial charge on any atom is -0.457 e. The number of ether oxygens (including phenoxy) is 6. The van der Waals surface area contributed by atoms with Gasteiger partial charge in [-0.3, -0.25) is 52.9 Å². The van der Waals surface area contributed by atoms with Crippen LogP contribution in [-0.2, 0) is 61.3 Å². The number of aliphatic hydroxyl groups is 3. The van der Waals surface area contributed by atoms with Gasteiger partial charge in [0.2, 0.25) is 6.29 Å². The number of halogens is 9. The monoisotopic (exact) mass is 1100 g/mol. The number of aromatic amines is 4. The summed E-state index contributed by atoms with van der Waals surface area (Å²) < 4.78 is 144. The molecule has 0 bridgehead atoms. The van der Waals surface area contributed by atoms with Gasteiger partial charge in [0.1, 0.15) is 35.0 Å². The molecule has 424 valence electrons. The molecule has 75 heavy (non-hydrogen) atoms. The number of carbonyl (C=O) groups excluding carboxylic acids is 3. The van der Waals surface area contributed by atoms with Crippen LogP contribution in [0.3, 0.4) is 0 Å². The number of rotatable bonds is 8. The van der Waals surface area contributed by atoms with Gasteiger partial charge in [0.15, 0.2) is 24.7 Å². The molecule has 3 aliphatic rings. The topological polar surface area (TPSA) is 369 Å². The lowest BCUT2D eigenvalue weighted by Gasteiger charge is -2.22. The van der Waals surface area contributed by atoms with Crippen molar-refractivity contribution in [3.05, 3.63) is 97.8 Å². The first-order valence-corrected chi connectivity index (χ1v) is 21.9. The molecule has 25 nitrogen and oxygen atoms in total. The average molecular weight is 1100 g/mol. The lowest BCUT2D eigenvalue weighted by molar-refractivity contribution is -0.194. The zero-order valence-corrected chi connectivity index (χ0v) is 40.6. The zero-order chi connectivity index (χ0) is 57.8. The molecule has 0 aliphatic carbocycles. The Morgan fingerprint density at radius 2 is 0.987 bits per heavy atom. The van der Waals surface area contributed by atoms with Crippen LogP contribution in [0.15, 0.2) is 47.4 Å². The molecule has 0 radical (unpaired) electrons. The van der Waals surface area contributed by atoms with Gasteiger partial charge in [0, 0.05) is 51.2 Å². The van der Waals surface area contributed by atoms with Crippen LogP contribution >= 0.6 is 0 Å². The summed E-state index contributed by atoms with van der Waals surface area (Å²) in [5.41, 5.74) is -7.98. The predicted octanol–water partition coefficient (Wildman–Crippen LogP) is 0.507. The Hall–Kier alpha value is -6.46. The van der Waals surface area contributed by atoms with E-state index in [1.165, 1.54) is 30.9 Å². The average Bonchev–Trinajstić information content (AvgIpc) is 3.87. The van der Waals surface area contributed by atoms with Crippen LogP contribution in [-0.4, -0.2) is 125 Å². The Morgan fingerprint density at radius 3 is 1.37 bits per heavy atom. The van der Waals surface area contributed by atoms with Crippen molar-refractivity contribution in [2.75, 3.05) is 13.7 Å². The van der Waals surface area contributed by atoms with Crippen molar-refractivity contribution in [3.8, 4) is 0 Å². The van der Waals surface area contributed by atoms with Crippen LogP contribution in [0.2, 0.25) is 0 Å². The number of alkyl halides is 9. The first kappa shape index (κ1) is 64.7. The molecule has 3 fully saturated rings. The SMILES string of the molecule is CC[C@H]1OC(OC(C)=O)[C@@H](OC(C)=O)C1C.CC[C@H]1O[C@@H](n2cc(C(F)(F)F)c(=O)[nH]c2=O)[C@@H](OC(C)=O)C1C.CN.O=c1[nH]c(=O)n([C@@H]2O[C@H](CO)C(O)[C@@H]2O)cc1C(F)(F)F.O=c1[nH]cc(C(F)(F)F)c(=O)[nH]1. The number of H-pyrrole nitrogens is 4. The first-order chi connectivity index (χ1) is 34.6. The number of aromatic nitrogens is 6. The molecule has 3 aliphatic heterocycles. The van der Waals surface area contributed by atoms with Crippen LogP contribution < -0.4 is 39.5 Å². The molecule has 4 unspecified atom stereocenters. The number of nitrogens with two attached hydrogens (primary N) is 1. The molecule has 0 spiro atoms. The molecule has 9 N–H and O–H groups in total. The van der Waals surface area contributed by atoms with Crippen molar-refractivity contribution < 1.29 is 97.6 Å². The van der Waals surface area contributed by atoms with Gasteiger partial charge in [-0.1, -0.05) is 27.7 Å². The van der Waals surface area contributed by atoms with Gasteiger partial charge in [-0.2, -0.15) is 39.5 Å². The maximum atomic E-state index is 12.9. The number of carbonyl (C=O) groups is 3. The molecular weight excluding hydrogens is 1050 g/mol. The van der Waals surface area contributed by atoms with Gasteiger partial charge in [0.25, 0.3) is 16.7 Å². The van der Waals surface area contributed by atoms with E-state index in [-0.39, 0.29) is 24.1 Å². The minimum atomic E-state index is -5.01. The number of hydrogen-bond donors (Lipinski definition) is 8. The quantitative estimate of drug-likeness (QED) is 0.0865. The molecule has 34 heteroatoms. The van der Waals surface area contributed by atoms with E-state index in [9.17, 15) is 92.9 Å². The van der Waals surface area contributed by atoms with Crippen LogP contribution in [0.5, 0.6) is 0 Å². The molecule has 0 aromatic carbocycles. The first-order valence-electron chi connectivity index (χ1n) is 21.9. The predicted molar refractivity (Wildman–Crippen MR) is 233 cm³/mol. The summed E-state index contributed by atoms with van der Waals surface area (Å²) in [7, 11) is 1.50. The van der Waals surface area contributed by atoms with Gasteiger partial charge >= 0.3 is 53.5 Å². The van der Waals surface area contributed by atoms with Crippen molar-refractivity contribution in [3.63, 3.8) is 0 Å². The fourth-order valence-corrected chi connectivity index (χ4v) is 7.30. The third-order valence-electron chi connectivity index (χ3n) is 10.8. The molecule has 0 saturated carbocycles. The number of nitrogens with zero attached hydrogens (tertiary/aromatic N) is 2. The maximum absolute atomic E-state index is 12.9. The van der Waals surface area contributed by atoms with Crippen molar-refractivity contribution in [1.82, 2.24) is 29.1 Å². The molecular formula is C41H54F9N7O18. The van der Waals surface area contributed by atoms with Crippen molar-refractivity contribution in [2.24, 2.45) is 17.6 Å². The van der Waals surface area contributed by atoms with E-state index in [1.54, 1.807) is 23.8 Å². The van der Waals surface area contributed by atoms with Crippen molar-refractivity contribution >= 4 is 17.9 Å². The highest BCUT2D eigenvalue weighted by atomic mass is 19.4. The minimum absolute atomic E-state index is 0.0262. The zero-order valence-electron chi connectivity index (χ0n) is 40.6. The fraction of sp³-hybridized carbons (Fsp3) is 0.634. The smallest absolute Gasteiger partial charge is 0.423 e. The molecule has 0 amide bonds. The van der Waals surface area contributed by atoms with E-state index in [1.807, 2.05) is 13.8 Å². The van der Waals surface area contributed by atoms with E-state index in [0.717, 1.165) is 13.3 Å².